The van der Waals surface area contributed by atoms with Crippen molar-refractivity contribution in [2.75, 3.05) is 18.5 Å². The van der Waals surface area contributed by atoms with Gasteiger partial charge in [-0.2, -0.15) is 0 Å². The lowest BCUT2D eigenvalue weighted by molar-refractivity contribution is 0.615. The van der Waals surface area contributed by atoms with Crippen molar-refractivity contribution in [3.8, 4) is 0 Å². The number of nitrogens with zero attached hydrogens (tertiary/aromatic N) is 1. The maximum Gasteiger partial charge on any atom is 0.161 e. The first kappa shape index (κ1) is 15.9. The lowest BCUT2D eigenvalue weighted by atomic mass is 10.1. The summed E-state index contributed by atoms with van der Waals surface area (Å²) in [6.45, 7) is 0.722. The first-order chi connectivity index (χ1) is 10.0. The van der Waals surface area contributed by atoms with Crippen molar-refractivity contribution in [2.45, 2.75) is 6.42 Å². The van der Waals surface area contributed by atoms with Gasteiger partial charge in [-0.25, -0.2) is 4.39 Å². The summed E-state index contributed by atoms with van der Waals surface area (Å²) in [5.41, 5.74) is 7.83. The number of benzene rings is 2. The van der Waals surface area contributed by atoms with Crippen molar-refractivity contribution in [3.63, 3.8) is 0 Å². The van der Waals surface area contributed by atoms with Crippen LogP contribution in [-0.2, 0) is 6.42 Å². The van der Waals surface area contributed by atoms with Crippen LogP contribution in [0.5, 0.6) is 0 Å². The van der Waals surface area contributed by atoms with E-state index in [1.807, 2.05) is 30.1 Å². The molecule has 0 unspecified atom stereocenters. The molecule has 0 atom stereocenters. The van der Waals surface area contributed by atoms with E-state index in [2.05, 4.69) is 28.1 Å². The van der Waals surface area contributed by atoms with E-state index in [-0.39, 0.29) is 10.8 Å². The summed E-state index contributed by atoms with van der Waals surface area (Å²) in [5, 5.41) is 0. The van der Waals surface area contributed by atoms with Crippen molar-refractivity contribution in [1.82, 2.24) is 0 Å². The van der Waals surface area contributed by atoms with Gasteiger partial charge in [-0.05, 0) is 40.0 Å². The van der Waals surface area contributed by atoms with Gasteiger partial charge in [0.1, 0.15) is 4.99 Å². The standard InChI is InChI=1S/C16H16BrFN2S/c1-20(10-9-11-5-3-2-4-6-11)13-8-7-12(16(19)21)14(17)15(13)18/h2-8H,9-10H2,1H3,(H2,19,21). The third-order valence-corrected chi connectivity index (χ3v) is 4.31. The van der Waals surface area contributed by atoms with Crippen molar-refractivity contribution in [3.05, 3.63) is 63.9 Å². The molecule has 0 heterocycles. The van der Waals surface area contributed by atoms with Crippen molar-refractivity contribution < 1.29 is 4.39 Å². The molecule has 0 saturated heterocycles. The van der Waals surface area contributed by atoms with Crippen LogP contribution < -0.4 is 10.6 Å². The molecule has 0 spiro atoms. The van der Waals surface area contributed by atoms with Gasteiger partial charge < -0.3 is 10.6 Å². The summed E-state index contributed by atoms with van der Waals surface area (Å²) in [4.78, 5) is 2.07. The monoisotopic (exact) mass is 366 g/mol. The predicted octanol–water partition coefficient (Wildman–Crippen LogP) is 3.90. The largest absolute Gasteiger partial charge is 0.389 e. The Morgan fingerprint density at radius 3 is 2.52 bits per heavy atom. The quantitative estimate of drug-likeness (QED) is 0.813. The first-order valence-electron chi connectivity index (χ1n) is 6.53. The number of anilines is 1. The second-order valence-corrected chi connectivity index (χ2v) is 6.01. The average Bonchev–Trinajstić information content (AvgIpc) is 2.48. The fraction of sp³-hybridized carbons (Fsp3) is 0.188. The molecule has 0 saturated carbocycles. The molecule has 2 aromatic carbocycles. The second-order valence-electron chi connectivity index (χ2n) is 4.78. The van der Waals surface area contributed by atoms with Crippen molar-refractivity contribution in [1.29, 1.82) is 0 Å². The maximum absolute atomic E-state index is 14.4. The van der Waals surface area contributed by atoms with Gasteiger partial charge in [0, 0.05) is 19.2 Å². The van der Waals surface area contributed by atoms with Gasteiger partial charge in [-0.1, -0.05) is 42.5 Å². The summed E-state index contributed by atoms with van der Waals surface area (Å²) in [6.07, 6.45) is 0.853. The van der Waals surface area contributed by atoms with Gasteiger partial charge in [-0.3, -0.25) is 0 Å². The van der Waals surface area contributed by atoms with Crippen molar-refractivity contribution in [2.24, 2.45) is 5.73 Å². The third kappa shape index (κ3) is 3.80. The number of hydrogen-bond donors (Lipinski definition) is 1. The molecule has 2 N–H and O–H groups in total. The smallest absolute Gasteiger partial charge is 0.161 e. The summed E-state index contributed by atoms with van der Waals surface area (Å²) < 4.78 is 14.7. The molecule has 5 heteroatoms. The lowest BCUT2D eigenvalue weighted by Gasteiger charge is -2.21. The van der Waals surface area contributed by atoms with Crippen LogP contribution in [0.2, 0.25) is 0 Å². The number of halogens is 2. The lowest BCUT2D eigenvalue weighted by Crippen LogP contribution is -2.22. The van der Waals surface area contributed by atoms with Gasteiger partial charge in [-0.15, -0.1) is 0 Å². The molecule has 2 aromatic rings. The summed E-state index contributed by atoms with van der Waals surface area (Å²) >= 11 is 8.13. The molecule has 0 aliphatic carbocycles. The topological polar surface area (TPSA) is 29.3 Å². The molecular formula is C16H16BrFN2S. The second kappa shape index (κ2) is 7.00. The average molecular weight is 367 g/mol. The number of thiocarbonyl (C=S) groups is 1. The zero-order valence-electron chi connectivity index (χ0n) is 11.6. The molecule has 2 nitrogen and oxygen atoms in total. The van der Waals surface area contributed by atoms with Crippen LogP contribution in [0.1, 0.15) is 11.1 Å². The van der Waals surface area contributed by atoms with E-state index in [0.29, 0.717) is 15.7 Å². The van der Waals surface area contributed by atoms with Crippen LogP contribution in [0.3, 0.4) is 0 Å². The summed E-state index contributed by atoms with van der Waals surface area (Å²) in [6, 6.07) is 13.6. The van der Waals surface area contributed by atoms with Crippen LogP contribution in [0.4, 0.5) is 10.1 Å². The van der Waals surface area contributed by atoms with E-state index in [9.17, 15) is 4.39 Å². The third-order valence-electron chi connectivity index (χ3n) is 3.32. The molecule has 110 valence electrons. The highest BCUT2D eigenvalue weighted by atomic mass is 79.9. The van der Waals surface area contributed by atoms with E-state index in [0.717, 1.165) is 13.0 Å². The minimum absolute atomic E-state index is 0.180. The molecule has 0 bridgehead atoms. The van der Waals surface area contributed by atoms with Gasteiger partial charge in [0.2, 0.25) is 0 Å². The van der Waals surface area contributed by atoms with E-state index >= 15 is 0 Å². The first-order valence-corrected chi connectivity index (χ1v) is 7.73. The molecule has 0 aliphatic rings. The fourth-order valence-electron chi connectivity index (χ4n) is 2.09. The van der Waals surface area contributed by atoms with E-state index in [1.54, 1.807) is 12.1 Å². The number of hydrogen-bond acceptors (Lipinski definition) is 2. The summed E-state index contributed by atoms with van der Waals surface area (Å²) in [5.74, 6) is -0.337. The Bertz CT molecular complexity index is 646. The van der Waals surface area contributed by atoms with Crippen molar-refractivity contribution >= 4 is 38.8 Å². The van der Waals surface area contributed by atoms with E-state index < -0.39 is 0 Å². The zero-order chi connectivity index (χ0) is 15.4. The molecule has 0 aliphatic heterocycles. The molecule has 0 aromatic heterocycles. The Morgan fingerprint density at radius 1 is 1.24 bits per heavy atom. The number of likely N-dealkylation sites (N-methyl/N-ethyl adjacent to an activating group) is 1. The van der Waals surface area contributed by atoms with Crippen LogP contribution in [0.25, 0.3) is 0 Å². The highest BCUT2D eigenvalue weighted by molar-refractivity contribution is 9.10. The SMILES string of the molecule is CN(CCc1ccccc1)c1ccc(C(N)=S)c(Br)c1F. The van der Waals surface area contributed by atoms with E-state index in [4.69, 9.17) is 18.0 Å². The Labute approximate surface area is 137 Å². The van der Waals surface area contributed by atoms with Gasteiger partial charge >= 0.3 is 0 Å². The molecule has 0 amide bonds. The van der Waals surface area contributed by atoms with E-state index in [1.165, 1.54) is 5.56 Å². The predicted molar refractivity (Wildman–Crippen MR) is 93.4 cm³/mol. The zero-order valence-corrected chi connectivity index (χ0v) is 14.0. The minimum atomic E-state index is -0.337. The minimum Gasteiger partial charge on any atom is -0.389 e. The Morgan fingerprint density at radius 2 is 1.90 bits per heavy atom. The molecule has 0 fully saturated rings. The summed E-state index contributed by atoms with van der Waals surface area (Å²) in [7, 11) is 1.87. The Kier molecular flexibility index (Phi) is 5.31. The van der Waals surface area contributed by atoms with Crippen LogP contribution in [-0.4, -0.2) is 18.6 Å². The molecule has 0 radical (unpaired) electrons. The van der Waals surface area contributed by atoms with Crippen LogP contribution in [0, 0.1) is 5.82 Å². The van der Waals surface area contributed by atoms with Gasteiger partial charge in [0.05, 0.1) is 10.2 Å². The Hall–Kier alpha value is -1.46. The molecule has 21 heavy (non-hydrogen) atoms. The van der Waals surface area contributed by atoms with Crippen LogP contribution in [0.15, 0.2) is 46.9 Å². The maximum atomic E-state index is 14.4. The van der Waals surface area contributed by atoms with Gasteiger partial charge in [0.25, 0.3) is 0 Å². The van der Waals surface area contributed by atoms with Gasteiger partial charge in [0.15, 0.2) is 5.82 Å². The Balaban J connectivity index is 2.14. The number of nitrogens with two attached hydrogens (primary N) is 1. The molecular weight excluding hydrogens is 351 g/mol. The fourth-order valence-corrected chi connectivity index (χ4v) is 2.94. The highest BCUT2D eigenvalue weighted by Crippen LogP contribution is 2.29. The van der Waals surface area contributed by atoms with Crippen LogP contribution >= 0.6 is 28.1 Å². The normalized spacial score (nSPS) is 10.4. The highest BCUT2D eigenvalue weighted by Gasteiger charge is 2.15. The number of rotatable bonds is 5. The molecule has 2 rings (SSSR count).